The molecule has 7 nitrogen and oxygen atoms in total. The second-order valence-corrected chi connectivity index (χ2v) is 5.66. The van der Waals surface area contributed by atoms with Gasteiger partial charge in [-0.05, 0) is 17.9 Å². The van der Waals surface area contributed by atoms with E-state index >= 15 is 0 Å². The molecule has 0 saturated carbocycles. The van der Waals surface area contributed by atoms with E-state index in [4.69, 9.17) is 14.6 Å². The minimum atomic E-state index is -1.05. The van der Waals surface area contributed by atoms with Crippen molar-refractivity contribution in [1.82, 2.24) is 10.8 Å². The van der Waals surface area contributed by atoms with Gasteiger partial charge < -0.3 is 20.1 Å². The first-order chi connectivity index (χ1) is 10.7. The fourth-order valence-corrected chi connectivity index (χ4v) is 2.74. The Morgan fingerprint density at radius 2 is 2.45 bits per heavy atom. The number of hydroxylamine groups is 1. The molecule has 22 heavy (non-hydrogen) atoms. The number of carbonyl (C=O) groups excluding carboxylic acids is 1. The van der Waals surface area contributed by atoms with Crippen LogP contribution in [0.25, 0.3) is 0 Å². The van der Waals surface area contributed by atoms with Gasteiger partial charge in [-0.2, -0.15) is 5.48 Å². The van der Waals surface area contributed by atoms with E-state index in [1.54, 1.807) is 6.08 Å². The van der Waals surface area contributed by atoms with E-state index in [-0.39, 0.29) is 19.1 Å². The van der Waals surface area contributed by atoms with Gasteiger partial charge in [-0.25, -0.2) is 0 Å². The molecule has 0 radical (unpaired) electrons. The predicted molar refractivity (Wildman–Crippen MR) is 82.8 cm³/mol. The molecule has 0 aromatic carbocycles. The predicted octanol–water partition coefficient (Wildman–Crippen LogP) is -0.216. The molecule has 1 aromatic rings. The molecular weight excluding hydrogens is 307 g/mol. The van der Waals surface area contributed by atoms with E-state index in [9.17, 15) is 9.82 Å². The Morgan fingerprint density at radius 3 is 3.18 bits per heavy atom. The van der Waals surface area contributed by atoms with Crippen molar-refractivity contribution in [3.8, 4) is 0 Å². The van der Waals surface area contributed by atoms with Gasteiger partial charge >= 0.3 is 7.12 Å². The van der Waals surface area contributed by atoms with Crippen molar-refractivity contribution in [3.63, 3.8) is 0 Å². The van der Waals surface area contributed by atoms with E-state index < -0.39 is 19.1 Å². The van der Waals surface area contributed by atoms with Gasteiger partial charge in [0.15, 0.2) is 0 Å². The number of aliphatic hydroxyl groups excluding tert-OH is 1. The summed E-state index contributed by atoms with van der Waals surface area (Å²) in [7, 11) is -1.05. The smallest absolute Gasteiger partial charge is 0.426 e. The number of amides is 1. The van der Waals surface area contributed by atoms with Crippen molar-refractivity contribution in [1.29, 1.82) is 0 Å². The van der Waals surface area contributed by atoms with Crippen LogP contribution >= 0.6 is 11.3 Å². The van der Waals surface area contributed by atoms with Gasteiger partial charge in [0.25, 0.3) is 0 Å². The van der Waals surface area contributed by atoms with Crippen molar-refractivity contribution in [2.75, 3.05) is 19.8 Å². The third kappa shape index (κ3) is 4.91. The van der Waals surface area contributed by atoms with Gasteiger partial charge in [0, 0.05) is 11.5 Å². The maximum absolute atomic E-state index is 12.5. The van der Waals surface area contributed by atoms with Gasteiger partial charge in [-0.3, -0.25) is 9.63 Å². The molecule has 0 spiro atoms. The number of rotatable bonds is 7. The number of carbonyl (C=O) groups is 1. The lowest BCUT2D eigenvalue weighted by Crippen LogP contribution is -2.50. The maximum atomic E-state index is 12.5. The van der Waals surface area contributed by atoms with Gasteiger partial charge in [-0.1, -0.05) is 18.2 Å². The fourth-order valence-electron chi connectivity index (χ4n) is 1.98. The van der Waals surface area contributed by atoms with E-state index in [0.29, 0.717) is 13.0 Å². The topological polar surface area (TPSA) is 100 Å². The molecule has 2 atom stereocenters. The molecule has 1 amide bonds. The first-order valence-electron chi connectivity index (χ1n) is 6.99. The largest absolute Gasteiger partial charge is 0.478 e. The minimum absolute atomic E-state index is 0.0764. The van der Waals surface area contributed by atoms with Crippen molar-refractivity contribution < 1.29 is 24.4 Å². The highest BCUT2D eigenvalue weighted by molar-refractivity contribution is 7.10. The zero-order chi connectivity index (χ0) is 15.8. The van der Waals surface area contributed by atoms with E-state index in [1.165, 1.54) is 11.3 Å². The summed E-state index contributed by atoms with van der Waals surface area (Å²) in [6.07, 6.45) is 4.15. The normalized spacial score (nSPS) is 19.7. The molecular formula is C13H19BN2O5S. The molecule has 0 aliphatic carbocycles. The number of hydrogen-bond donors (Lipinski definition) is 4. The molecule has 0 fully saturated rings. The van der Waals surface area contributed by atoms with Gasteiger partial charge in [0.2, 0.25) is 5.91 Å². The van der Waals surface area contributed by atoms with Crippen LogP contribution in [-0.4, -0.2) is 48.9 Å². The summed E-state index contributed by atoms with van der Waals surface area (Å²) in [5, 5.41) is 23.2. The first kappa shape index (κ1) is 17.1. The van der Waals surface area contributed by atoms with Crippen LogP contribution in [0.1, 0.15) is 17.3 Å². The Hall–Kier alpha value is -1.23. The standard InChI is InChI=1S/C13H19BN2O5S/c17-6-8-21-16-12(10-4-3-9-22-10)13(18)15-11-5-1-2-7-20-14(11)19/h1-4,9,11-12,16-17,19H,5-8H2,(H,15,18). The molecule has 4 N–H and O–H groups in total. The molecule has 120 valence electrons. The molecule has 1 aliphatic rings. The average molecular weight is 326 g/mol. The first-order valence-corrected chi connectivity index (χ1v) is 7.87. The second-order valence-electron chi connectivity index (χ2n) is 4.68. The van der Waals surface area contributed by atoms with Crippen molar-refractivity contribution in [2.45, 2.75) is 18.4 Å². The minimum Gasteiger partial charge on any atom is -0.426 e. The van der Waals surface area contributed by atoms with Crippen LogP contribution in [0.4, 0.5) is 0 Å². The fraction of sp³-hybridized carbons (Fsp3) is 0.462. The summed E-state index contributed by atoms with van der Waals surface area (Å²) >= 11 is 1.41. The summed E-state index contributed by atoms with van der Waals surface area (Å²) in [4.78, 5) is 18.3. The van der Waals surface area contributed by atoms with Crippen LogP contribution in [-0.2, 0) is 14.3 Å². The van der Waals surface area contributed by atoms with Crippen LogP contribution in [0.5, 0.6) is 0 Å². The summed E-state index contributed by atoms with van der Waals surface area (Å²) in [6.45, 7) is 0.249. The molecule has 0 saturated heterocycles. The summed E-state index contributed by atoms with van der Waals surface area (Å²) < 4.78 is 5.16. The third-order valence-corrected chi connectivity index (χ3v) is 4.01. The summed E-state index contributed by atoms with van der Waals surface area (Å²) in [5.41, 5.74) is 2.64. The lowest BCUT2D eigenvalue weighted by molar-refractivity contribution is -0.128. The highest BCUT2D eigenvalue weighted by Crippen LogP contribution is 2.20. The lowest BCUT2D eigenvalue weighted by atomic mass is 9.77. The van der Waals surface area contributed by atoms with Gasteiger partial charge in [0.05, 0.1) is 19.2 Å². The van der Waals surface area contributed by atoms with Crippen LogP contribution in [0.15, 0.2) is 29.7 Å². The molecule has 2 rings (SSSR count). The van der Waals surface area contributed by atoms with Crippen LogP contribution < -0.4 is 10.8 Å². The Bertz CT molecular complexity index is 485. The van der Waals surface area contributed by atoms with E-state index in [0.717, 1.165) is 4.88 Å². The van der Waals surface area contributed by atoms with Gasteiger partial charge in [0.1, 0.15) is 6.04 Å². The lowest BCUT2D eigenvalue weighted by Gasteiger charge is -2.22. The van der Waals surface area contributed by atoms with Crippen LogP contribution in [0.3, 0.4) is 0 Å². The SMILES string of the molecule is O=C(NC1CC=CCOB1O)C(NOCCO)c1cccs1. The molecule has 1 aromatic heterocycles. The second kappa shape index (κ2) is 9.04. The van der Waals surface area contributed by atoms with E-state index in [2.05, 4.69) is 10.8 Å². The Kier molecular flexibility index (Phi) is 7.04. The molecule has 2 heterocycles. The van der Waals surface area contributed by atoms with Crippen molar-refractivity contribution in [3.05, 3.63) is 34.5 Å². The van der Waals surface area contributed by atoms with Crippen molar-refractivity contribution in [2.24, 2.45) is 0 Å². The molecule has 2 unspecified atom stereocenters. The summed E-state index contributed by atoms with van der Waals surface area (Å²) in [6, 6.07) is 2.93. The maximum Gasteiger partial charge on any atom is 0.478 e. The van der Waals surface area contributed by atoms with Crippen molar-refractivity contribution >= 4 is 24.4 Å². The highest BCUT2D eigenvalue weighted by Gasteiger charge is 2.31. The van der Waals surface area contributed by atoms with E-state index in [1.807, 2.05) is 23.6 Å². The number of thiophene rings is 1. The van der Waals surface area contributed by atoms with Gasteiger partial charge in [-0.15, -0.1) is 11.3 Å². The Labute approximate surface area is 133 Å². The molecule has 0 bridgehead atoms. The monoisotopic (exact) mass is 326 g/mol. The zero-order valence-corrected chi connectivity index (χ0v) is 12.8. The van der Waals surface area contributed by atoms with Crippen LogP contribution in [0, 0.1) is 0 Å². The quantitative estimate of drug-likeness (QED) is 0.239. The summed E-state index contributed by atoms with van der Waals surface area (Å²) in [5.74, 6) is -0.850. The Balaban J connectivity index is 1.99. The number of nitrogens with one attached hydrogen (secondary N) is 2. The molecule has 9 heteroatoms. The number of hydrogen-bond acceptors (Lipinski definition) is 7. The average Bonchev–Trinajstić information content (AvgIpc) is 2.96. The van der Waals surface area contributed by atoms with Crippen LogP contribution in [0.2, 0.25) is 0 Å². The Morgan fingerprint density at radius 1 is 1.59 bits per heavy atom. The zero-order valence-electron chi connectivity index (χ0n) is 12.0. The highest BCUT2D eigenvalue weighted by atomic mass is 32.1. The molecule has 1 aliphatic heterocycles. The number of aliphatic hydroxyl groups is 1. The third-order valence-electron chi connectivity index (χ3n) is 3.08.